The van der Waals surface area contributed by atoms with E-state index >= 15 is 0 Å². The van der Waals surface area contributed by atoms with Gasteiger partial charge in [-0.1, -0.05) is 0 Å². The lowest BCUT2D eigenvalue weighted by Crippen LogP contribution is -2.29. The van der Waals surface area contributed by atoms with E-state index in [2.05, 4.69) is 5.32 Å². The lowest BCUT2D eigenvalue weighted by molar-refractivity contribution is 0.0920. The lowest BCUT2D eigenvalue weighted by atomic mass is 10.1. The molecule has 5 nitrogen and oxygen atoms in total. The van der Waals surface area contributed by atoms with Crippen molar-refractivity contribution in [3.63, 3.8) is 0 Å². The summed E-state index contributed by atoms with van der Waals surface area (Å²) >= 11 is 0. The van der Waals surface area contributed by atoms with Crippen molar-refractivity contribution >= 4 is 15.7 Å². The van der Waals surface area contributed by atoms with Crippen molar-refractivity contribution in [3.05, 3.63) is 23.7 Å². The Balaban J connectivity index is 1.88. The molecule has 1 aliphatic heterocycles. The monoisotopic (exact) mass is 257 g/mol. The molecular formula is C11H15NO4S. The maximum atomic E-state index is 11.7. The van der Waals surface area contributed by atoms with Gasteiger partial charge in [0, 0.05) is 12.1 Å². The first-order chi connectivity index (χ1) is 7.98. The third-order valence-electron chi connectivity index (χ3n) is 2.95. The number of amides is 1. The highest BCUT2D eigenvalue weighted by molar-refractivity contribution is 7.91. The van der Waals surface area contributed by atoms with Gasteiger partial charge in [0.15, 0.2) is 15.6 Å². The molecule has 17 heavy (non-hydrogen) atoms. The Labute approximate surface area is 100 Å². The van der Waals surface area contributed by atoms with Crippen LogP contribution in [0.15, 0.2) is 16.7 Å². The molecule has 0 unspecified atom stereocenters. The molecule has 2 heterocycles. The van der Waals surface area contributed by atoms with Crippen LogP contribution in [-0.2, 0) is 9.84 Å². The van der Waals surface area contributed by atoms with Gasteiger partial charge in [-0.3, -0.25) is 4.79 Å². The molecule has 0 spiro atoms. The zero-order chi connectivity index (χ0) is 12.5. The maximum absolute atomic E-state index is 11.7. The van der Waals surface area contributed by atoms with Gasteiger partial charge in [0.2, 0.25) is 0 Å². The van der Waals surface area contributed by atoms with Crippen molar-refractivity contribution < 1.29 is 17.6 Å². The number of hydrogen-bond donors (Lipinski definition) is 1. The molecule has 1 aliphatic rings. The van der Waals surface area contributed by atoms with Gasteiger partial charge in [0.05, 0.1) is 17.8 Å². The third kappa shape index (κ3) is 2.88. The predicted molar refractivity (Wildman–Crippen MR) is 62.5 cm³/mol. The van der Waals surface area contributed by atoms with Crippen LogP contribution in [0.2, 0.25) is 0 Å². The number of carbonyl (C=O) groups is 1. The Hall–Kier alpha value is -1.30. The summed E-state index contributed by atoms with van der Waals surface area (Å²) in [4.78, 5) is 11.7. The highest BCUT2D eigenvalue weighted by Gasteiger charge is 2.28. The first-order valence-corrected chi connectivity index (χ1v) is 7.33. The fourth-order valence-corrected chi connectivity index (χ4v) is 3.82. The van der Waals surface area contributed by atoms with Crippen LogP contribution in [-0.4, -0.2) is 32.4 Å². The summed E-state index contributed by atoms with van der Waals surface area (Å²) < 4.78 is 27.5. The number of nitrogens with one attached hydrogen (secondary N) is 1. The van der Waals surface area contributed by atoms with E-state index in [1.807, 2.05) is 0 Å². The van der Waals surface area contributed by atoms with Crippen molar-refractivity contribution in [2.24, 2.45) is 5.92 Å². The molecule has 2 rings (SSSR count). The molecule has 1 N–H and O–H groups in total. The second-order valence-electron chi connectivity index (χ2n) is 4.41. The Morgan fingerprint density at radius 2 is 2.35 bits per heavy atom. The molecule has 1 aromatic heterocycles. The molecule has 1 saturated heterocycles. The summed E-state index contributed by atoms with van der Waals surface area (Å²) in [5, 5.41) is 2.71. The Bertz CT molecular complexity index is 517. The third-order valence-corrected chi connectivity index (χ3v) is 4.78. The van der Waals surface area contributed by atoms with E-state index in [4.69, 9.17) is 4.42 Å². The minimum absolute atomic E-state index is 0.0271. The Kier molecular flexibility index (Phi) is 3.24. The van der Waals surface area contributed by atoms with Crippen LogP contribution in [0.5, 0.6) is 0 Å². The first-order valence-electron chi connectivity index (χ1n) is 5.50. The van der Waals surface area contributed by atoms with E-state index in [9.17, 15) is 13.2 Å². The van der Waals surface area contributed by atoms with Crippen LogP contribution in [0.25, 0.3) is 0 Å². The zero-order valence-electron chi connectivity index (χ0n) is 9.60. The Morgan fingerprint density at radius 3 is 2.88 bits per heavy atom. The highest BCUT2D eigenvalue weighted by Crippen LogP contribution is 2.17. The van der Waals surface area contributed by atoms with Crippen molar-refractivity contribution in [1.29, 1.82) is 0 Å². The number of rotatable bonds is 3. The highest BCUT2D eigenvalue weighted by atomic mass is 32.2. The smallest absolute Gasteiger partial charge is 0.287 e. The van der Waals surface area contributed by atoms with Crippen molar-refractivity contribution in [1.82, 2.24) is 5.32 Å². The SMILES string of the molecule is Cc1ccoc1C(=O)NC[C@@H]1CCS(=O)(=O)C1. The normalized spacial score (nSPS) is 22.5. The summed E-state index contributed by atoms with van der Waals surface area (Å²) in [5.74, 6) is 0.444. The van der Waals surface area contributed by atoms with Crippen molar-refractivity contribution in [2.75, 3.05) is 18.1 Å². The van der Waals surface area contributed by atoms with Crippen LogP contribution in [0, 0.1) is 12.8 Å². The molecule has 0 aromatic carbocycles. The summed E-state index contributed by atoms with van der Waals surface area (Å²) in [5.41, 5.74) is 0.779. The number of aryl methyl sites for hydroxylation is 1. The number of sulfone groups is 1. The fourth-order valence-electron chi connectivity index (χ4n) is 1.96. The van der Waals surface area contributed by atoms with Gasteiger partial charge in [0.25, 0.3) is 5.91 Å². The Morgan fingerprint density at radius 1 is 1.59 bits per heavy atom. The van der Waals surface area contributed by atoms with E-state index in [0.717, 1.165) is 5.56 Å². The molecule has 0 aliphatic carbocycles. The quantitative estimate of drug-likeness (QED) is 0.867. The van der Waals surface area contributed by atoms with Gasteiger partial charge < -0.3 is 9.73 Å². The lowest BCUT2D eigenvalue weighted by Gasteiger charge is -2.08. The van der Waals surface area contributed by atoms with E-state index in [-0.39, 0.29) is 23.3 Å². The van der Waals surface area contributed by atoms with Gasteiger partial charge in [-0.2, -0.15) is 0 Å². The van der Waals surface area contributed by atoms with Crippen LogP contribution >= 0.6 is 0 Å². The molecule has 6 heteroatoms. The van der Waals surface area contributed by atoms with Crippen LogP contribution in [0.1, 0.15) is 22.5 Å². The van der Waals surface area contributed by atoms with Crippen LogP contribution < -0.4 is 5.32 Å². The first kappa shape index (κ1) is 12.2. The molecule has 1 fully saturated rings. The predicted octanol–water partition coefficient (Wildman–Crippen LogP) is 0.753. The van der Waals surface area contributed by atoms with Crippen LogP contribution in [0.4, 0.5) is 0 Å². The van der Waals surface area contributed by atoms with E-state index < -0.39 is 9.84 Å². The van der Waals surface area contributed by atoms with E-state index in [1.165, 1.54) is 6.26 Å². The second-order valence-corrected chi connectivity index (χ2v) is 6.64. The maximum Gasteiger partial charge on any atom is 0.287 e. The summed E-state index contributed by atoms with van der Waals surface area (Å²) in [6.45, 7) is 2.18. The summed E-state index contributed by atoms with van der Waals surface area (Å²) in [7, 11) is -2.88. The second kappa shape index (κ2) is 4.52. The molecule has 0 radical (unpaired) electrons. The largest absolute Gasteiger partial charge is 0.459 e. The van der Waals surface area contributed by atoms with E-state index in [1.54, 1.807) is 13.0 Å². The summed E-state index contributed by atoms with van der Waals surface area (Å²) in [6, 6.07) is 1.72. The van der Waals surface area contributed by atoms with Crippen LogP contribution in [0.3, 0.4) is 0 Å². The van der Waals surface area contributed by atoms with E-state index in [0.29, 0.717) is 18.7 Å². The average Bonchev–Trinajstić information content (AvgIpc) is 2.81. The fraction of sp³-hybridized carbons (Fsp3) is 0.545. The van der Waals surface area contributed by atoms with Gasteiger partial charge in [-0.15, -0.1) is 0 Å². The molecule has 1 atom stereocenters. The number of carbonyl (C=O) groups excluding carboxylic acids is 1. The minimum atomic E-state index is -2.88. The minimum Gasteiger partial charge on any atom is -0.459 e. The van der Waals surface area contributed by atoms with Gasteiger partial charge in [-0.05, 0) is 25.3 Å². The molecule has 0 saturated carbocycles. The van der Waals surface area contributed by atoms with Gasteiger partial charge in [-0.25, -0.2) is 8.42 Å². The zero-order valence-corrected chi connectivity index (χ0v) is 10.4. The van der Waals surface area contributed by atoms with Gasteiger partial charge in [0.1, 0.15) is 0 Å². The molecule has 1 aromatic rings. The van der Waals surface area contributed by atoms with Crippen molar-refractivity contribution in [2.45, 2.75) is 13.3 Å². The molecule has 94 valence electrons. The topological polar surface area (TPSA) is 76.4 Å². The molecule has 0 bridgehead atoms. The number of hydrogen-bond acceptors (Lipinski definition) is 4. The number of furan rings is 1. The molecule has 1 amide bonds. The standard InChI is InChI=1S/C11H15NO4S/c1-8-2-4-16-10(8)11(13)12-6-9-3-5-17(14,15)7-9/h2,4,9H,3,5-7H2,1H3,(H,12,13)/t9-/m0/s1. The van der Waals surface area contributed by atoms with Crippen molar-refractivity contribution in [3.8, 4) is 0 Å². The van der Waals surface area contributed by atoms with Gasteiger partial charge >= 0.3 is 0 Å². The molecular weight excluding hydrogens is 242 g/mol. The average molecular weight is 257 g/mol. The summed E-state index contributed by atoms with van der Waals surface area (Å²) in [6.07, 6.45) is 2.09.